The van der Waals surface area contributed by atoms with Crippen molar-refractivity contribution < 1.29 is 14.0 Å². The molecule has 1 fully saturated rings. The predicted octanol–water partition coefficient (Wildman–Crippen LogP) is 4.79. The molecule has 3 aromatic rings. The summed E-state index contributed by atoms with van der Waals surface area (Å²) in [7, 11) is 0. The van der Waals surface area contributed by atoms with Crippen LogP contribution in [0.3, 0.4) is 0 Å². The summed E-state index contributed by atoms with van der Waals surface area (Å²) in [6.45, 7) is 0. The molecular formula is C22H22N2O3S. The maximum Gasteiger partial charge on any atom is 0.295 e. The Morgan fingerprint density at radius 3 is 2.46 bits per heavy atom. The summed E-state index contributed by atoms with van der Waals surface area (Å²) in [5, 5.41) is 5.08. The molecule has 1 aromatic carbocycles. The maximum absolute atomic E-state index is 13.4. The van der Waals surface area contributed by atoms with E-state index in [-0.39, 0.29) is 23.6 Å². The number of anilines is 1. The molecule has 2 heterocycles. The Morgan fingerprint density at radius 1 is 1.04 bits per heavy atom. The molecule has 1 N–H and O–H groups in total. The van der Waals surface area contributed by atoms with Crippen LogP contribution in [0.25, 0.3) is 0 Å². The summed E-state index contributed by atoms with van der Waals surface area (Å²) in [5.74, 6) is -0.284. The molecule has 0 radical (unpaired) electrons. The van der Waals surface area contributed by atoms with Crippen LogP contribution in [0.4, 0.5) is 5.69 Å². The molecule has 5 nitrogen and oxygen atoms in total. The van der Waals surface area contributed by atoms with Crippen LogP contribution >= 0.6 is 11.3 Å². The molecule has 1 aliphatic carbocycles. The number of nitrogens with one attached hydrogen (secondary N) is 1. The molecule has 144 valence electrons. The first-order valence-electron chi connectivity index (χ1n) is 9.50. The fourth-order valence-electron chi connectivity index (χ4n) is 3.66. The fraction of sp³-hybridized carbons (Fsp3) is 0.273. The molecule has 2 amide bonds. The number of amides is 2. The summed E-state index contributed by atoms with van der Waals surface area (Å²) < 4.78 is 5.36. The Bertz CT molecular complexity index is 901. The molecule has 0 bridgehead atoms. The SMILES string of the molecule is O=C(NC1CCCC1)[C@H](c1cccs1)N(C(=O)c1ccco1)c1ccccc1. The number of hydrogen-bond acceptors (Lipinski definition) is 4. The van der Waals surface area contributed by atoms with E-state index in [9.17, 15) is 9.59 Å². The van der Waals surface area contributed by atoms with E-state index in [4.69, 9.17) is 4.42 Å². The Hall–Kier alpha value is -2.86. The van der Waals surface area contributed by atoms with Crippen molar-refractivity contribution in [3.63, 3.8) is 0 Å². The molecule has 1 aliphatic rings. The average Bonchev–Trinajstić information content (AvgIpc) is 3.49. The van der Waals surface area contributed by atoms with Crippen molar-refractivity contribution in [2.75, 3.05) is 4.90 Å². The normalized spacial score (nSPS) is 15.3. The summed E-state index contributed by atoms with van der Waals surface area (Å²) in [6.07, 6.45) is 5.70. The lowest BCUT2D eigenvalue weighted by Gasteiger charge is -2.30. The molecule has 4 rings (SSSR count). The van der Waals surface area contributed by atoms with Gasteiger partial charge in [-0.25, -0.2) is 0 Å². The van der Waals surface area contributed by atoms with E-state index in [1.807, 2.05) is 47.8 Å². The Morgan fingerprint density at radius 2 is 1.82 bits per heavy atom. The monoisotopic (exact) mass is 394 g/mol. The van der Waals surface area contributed by atoms with Gasteiger partial charge < -0.3 is 9.73 Å². The van der Waals surface area contributed by atoms with Crippen LogP contribution in [0, 0.1) is 0 Å². The Balaban J connectivity index is 1.74. The highest BCUT2D eigenvalue weighted by atomic mass is 32.1. The number of nitrogens with zero attached hydrogens (tertiary/aromatic N) is 1. The number of carbonyl (C=O) groups excluding carboxylic acids is 2. The van der Waals surface area contributed by atoms with Crippen LogP contribution in [0.1, 0.15) is 47.2 Å². The minimum atomic E-state index is -0.749. The largest absolute Gasteiger partial charge is 0.459 e. The highest BCUT2D eigenvalue weighted by Crippen LogP contribution is 2.32. The standard InChI is InChI=1S/C22H22N2O3S/c25-21(23-16-8-4-5-9-16)20(19-13-7-15-28-19)24(17-10-2-1-3-11-17)22(26)18-12-6-14-27-18/h1-3,6-7,10-16,20H,4-5,8-9H2,(H,23,25)/t20-/m0/s1. The van der Waals surface area contributed by atoms with Gasteiger partial charge in [-0.3, -0.25) is 14.5 Å². The van der Waals surface area contributed by atoms with Crippen LogP contribution in [0.15, 0.2) is 70.7 Å². The van der Waals surface area contributed by atoms with Gasteiger partial charge in [0.1, 0.15) is 0 Å². The second kappa shape index (κ2) is 8.44. The fourth-order valence-corrected chi connectivity index (χ4v) is 4.47. The summed E-state index contributed by atoms with van der Waals surface area (Å²) in [5.41, 5.74) is 0.656. The number of carbonyl (C=O) groups is 2. The van der Waals surface area contributed by atoms with E-state index in [1.165, 1.54) is 22.5 Å². The van der Waals surface area contributed by atoms with Crippen LogP contribution in [0.5, 0.6) is 0 Å². The quantitative estimate of drug-likeness (QED) is 0.654. The van der Waals surface area contributed by atoms with Crippen molar-refractivity contribution in [1.29, 1.82) is 0 Å². The van der Waals surface area contributed by atoms with Gasteiger partial charge in [-0.05, 0) is 48.6 Å². The zero-order chi connectivity index (χ0) is 19.3. The summed E-state index contributed by atoms with van der Waals surface area (Å²) >= 11 is 1.47. The van der Waals surface area contributed by atoms with E-state index in [0.29, 0.717) is 5.69 Å². The lowest BCUT2D eigenvalue weighted by atomic mass is 10.1. The number of benzene rings is 1. The van der Waals surface area contributed by atoms with Crippen LogP contribution in [0.2, 0.25) is 0 Å². The molecule has 0 spiro atoms. The van der Waals surface area contributed by atoms with Gasteiger partial charge in [0.25, 0.3) is 5.91 Å². The van der Waals surface area contributed by atoms with Crippen molar-refractivity contribution in [2.24, 2.45) is 0 Å². The van der Waals surface area contributed by atoms with Crippen LogP contribution in [-0.4, -0.2) is 17.9 Å². The van der Waals surface area contributed by atoms with Gasteiger partial charge >= 0.3 is 0 Å². The molecule has 1 atom stereocenters. The van der Waals surface area contributed by atoms with Crippen molar-refractivity contribution in [3.8, 4) is 0 Å². The highest BCUT2D eigenvalue weighted by Gasteiger charge is 2.36. The van der Waals surface area contributed by atoms with Gasteiger partial charge in [0.05, 0.1) is 6.26 Å². The second-order valence-corrected chi connectivity index (χ2v) is 7.88. The molecule has 0 saturated heterocycles. The molecular weight excluding hydrogens is 372 g/mol. The second-order valence-electron chi connectivity index (χ2n) is 6.90. The first-order chi connectivity index (χ1) is 13.7. The number of furan rings is 1. The molecule has 0 aliphatic heterocycles. The molecule has 6 heteroatoms. The van der Waals surface area contributed by atoms with E-state index >= 15 is 0 Å². The number of thiophene rings is 1. The van der Waals surface area contributed by atoms with Crippen molar-refractivity contribution >= 4 is 28.8 Å². The van der Waals surface area contributed by atoms with Crippen LogP contribution in [-0.2, 0) is 4.79 Å². The molecule has 0 unspecified atom stereocenters. The first kappa shape index (κ1) is 18.5. The lowest BCUT2D eigenvalue weighted by molar-refractivity contribution is -0.123. The predicted molar refractivity (Wildman–Crippen MR) is 109 cm³/mol. The van der Waals surface area contributed by atoms with Gasteiger partial charge in [-0.1, -0.05) is 37.1 Å². The van der Waals surface area contributed by atoms with Gasteiger partial charge in [0.2, 0.25) is 5.91 Å². The number of rotatable bonds is 6. The van der Waals surface area contributed by atoms with Gasteiger partial charge in [0, 0.05) is 16.6 Å². The van der Waals surface area contributed by atoms with Gasteiger partial charge in [-0.2, -0.15) is 0 Å². The van der Waals surface area contributed by atoms with Crippen molar-refractivity contribution in [3.05, 3.63) is 76.9 Å². The third-order valence-electron chi connectivity index (χ3n) is 5.01. The van der Waals surface area contributed by atoms with E-state index < -0.39 is 6.04 Å². The third-order valence-corrected chi connectivity index (χ3v) is 5.93. The lowest BCUT2D eigenvalue weighted by Crippen LogP contribution is -2.46. The average molecular weight is 394 g/mol. The topological polar surface area (TPSA) is 62.6 Å². The molecule has 28 heavy (non-hydrogen) atoms. The number of hydrogen-bond donors (Lipinski definition) is 1. The minimum Gasteiger partial charge on any atom is -0.459 e. The summed E-state index contributed by atoms with van der Waals surface area (Å²) in [4.78, 5) is 29.1. The van der Waals surface area contributed by atoms with Gasteiger partial charge in [-0.15, -0.1) is 11.3 Å². The first-order valence-corrected chi connectivity index (χ1v) is 10.4. The number of para-hydroxylation sites is 1. The summed E-state index contributed by atoms with van der Waals surface area (Å²) in [6, 6.07) is 15.8. The zero-order valence-electron chi connectivity index (χ0n) is 15.4. The molecule has 2 aromatic heterocycles. The molecule has 1 saturated carbocycles. The van der Waals surface area contributed by atoms with Crippen LogP contribution < -0.4 is 10.2 Å². The van der Waals surface area contributed by atoms with E-state index in [0.717, 1.165) is 30.6 Å². The Kier molecular flexibility index (Phi) is 5.58. The van der Waals surface area contributed by atoms with Crippen molar-refractivity contribution in [2.45, 2.75) is 37.8 Å². The third kappa shape index (κ3) is 3.87. The Labute approximate surface area is 168 Å². The minimum absolute atomic E-state index is 0.155. The van der Waals surface area contributed by atoms with Gasteiger partial charge in [0.15, 0.2) is 11.8 Å². The highest BCUT2D eigenvalue weighted by molar-refractivity contribution is 7.10. The zero-order valence-corrected chi connectivity index (χ0v) is 16.2. The van der Waals surface area contributed by atoms with E-state index in [2.05, 4.69) is 5.32 Å². The smallest absolute Gasteiger partial charge is 0.295 e. The van der Waals surface area contributed by atoms with Crippen molar-refractivity contribution in [1.82, 2.24) is 5.32 Å². The van der Waals surface area contributed by atoms with E-state index in [1.54, 1.807) is 12.1 Å². The maximum atomic E-state index is 13.4.